The lowest BCUT2D eigenvalue weighted by Crippen LogP contribution is -2.32. The highest BCUT2D eigenvalue weighted by molar-refractivity contribution is 7.91. The van der Waals surface area contributed by atoms with E-state index >= 15 is 0 Å². The summed E-state index contributed by atoms with van der Waals surface area (Å²) in [5, 5.41) is 2.10. The van der Waals surface area contributed by atoms with Crippen LogP contribution in [0.2, 0.25) is 0 Å². The molecule has 2 heterocycles. The Balaban J connectivity index is 2.11. The highest BCUT2D eigenvalue weighted by atomic mass is 32.2. The van der Waals surface area contributed by atoms with Gasteiger partial charge in [-0.2, -0.15) is 0 Å². The molecule has 1 amide bonds. The number of nitrogens with zero attached hydrogens (tertiary/aromatic N) is 1. The van der Waals surface area contributed by atoms with Gasteiger partial charge in [0.05, 0.1) is 18.4 Å². The number of benzene rings is 1. The average molecular weight is 377 g/mol. The quantitative estimate of drug-likeness (QED) is 0.761. The number of methoxy groups -OCH3 is 1. The number of carbonyl (C=O) groups excluding carboxylic acids is 1. The predicted octanol–water partition coefficient (Wildman–Crippen LogP) is 1.44. The second-order valence-electron chi connectivity index (χ2n) is 6.03. The molecule has 1 aliphatic rings. The van der Waals surface area contributed by atoms with E-state index in [2.05, 4.69) is 15.3 Å². The van der Waals surface area contributed by atoms with Gasteiger partial charge in [-0.3, -0.25) is 14.6 Å². The number of sulfone groups is 1. The number of H-pyrrole nitrogens is 1. The molecule has 0 unspecified atom stereocenters. The molecule has 2 N–H and O–H groups in total. The van der Waals surface area contributed by atoms with Crippen molar-refractivity contribution in [3.05, 3.63) is 45.7 Å². The number of nitrogens with one attached hydrogen (secondary N) is 2. The van der Waals surface area contributed by atoms with Gasteiger partial charge in [0.2, 0.25) is 20.9 Å². The maximum absolute atomic E-state index is 12.6. The van der Waals surface area contributed by atoms with Crippen LogP contribution in [0.1, 0.15) is 36.8 Å². The number of rotatable bonds is 5. The van der Waals surface area contributed by atoms with Crippen LogP contribution in [0, 0.1) is 0 Å². The number of carbonyl (C=O) groups is 1. The lowest BCUT2D eigenvalue weighted by Gasteiger charge is -2.24. The van der Waals surface area contributed by atoms with Gasteiger partial charge >= 0.3 is 0 Å². The summed E-state index contributed by atoms with van der Waals surface area (Å²) in [5.41, 5.74) is 0.439. The second kappa shape index (κ2) is 6.91. The fourth-order valence-electron chi connectivity index (χ4n) is 2.98. The van der Waals surface area contributed by atoms with E-state index in [-0.39, 0.29) is 29.5 Å². The van der Waals surface area contributed by atoms with Crippen LogP contribution in [0.25, 0.3) is 0 Å². The number of ether oxygens (including phenoxy) is 1. The molecule has 0 saturated carbocycles. The number of anilines is 1. The number of amides is 1. The number of hydrogen-bond donors (Lipinski definition) is 2. The SMILES string of the molecule is CCCS(=O)(=O)c1nc2c(c(=O)[nH]1)[C@H](c1ccc(OC)cc1)CC(=O)N2. The third-order valence-electron chi connectivity index (χ3n) is 4.21. The molecule has 1 aliphatic heterocycles. The first-order valence-corrected chi connectivity index (χ1v) is 9.81. The van der Waals surface area contributed by atoms with Crippen LogP contribution in [0.3, 0.4) is 0 Å². The lowest BCUT2D eigenvalue weighted by molar-refractivity contribution is -0.116. The number of fused-ring (bicyclic) bond motifs is 1. The molecule has 1 atom stereocenters. The van der Waals surface area contributed by atoms with E-state index in [4.69, 9.17) is 4.74 Å². The van der Waals surface area contributed by atoms with E-state index in [1.165, 1.54) is 0 Å². The molecule has 0 fully saturated rings. The molecular formula is C17H19N3O5S. The standard InChI is InChI=1S/C17H19N3O5S/c1-3-8-26(23,24)17-19-15-14(16(22)20-17)12(9-13(21)18-15)10-4-6-11(25-2)7-5-10/h4-7,12H,3,8-9H2,1-2H3,(H2,18,19,20,21,22)/t12-/m0/s1. The van der Waals surface area contributed by atoms with Crippen LogP contribution in [0.5, 0.6) is 5.75 Å². The minimum atomic E-state index is -3.71. The Kier molecular flexibility index (Phi) is 4.82. The summed E-state index contributed by atoms with van der Waals surface area (Å²) in [5.74, 6) is -0.313. The number of aromatic amines is 1. The molecule has 0 spiro atoms. The Morgan fingerprint density at radius 2 is 1.92 bits per heavy atom. The first-order chi connectivity index (χ1) is 12.4. The minimum Gasteiger partial charge on any atom is -0.497 e. The summed E-state index contributed by atoms with van der Waals surface area (Å²) in [4.78, 5) is 31.1. The first-order valence-electron chi connectivity index (χ1n) is 8.16. The summed E-state index contributed by atoms with van der Waals surface area (Å²) in [7, 11) is -2.16. The third-order valence-corrected chi connectivity index (χ3v) is 5.94. The molecule has 8 nitrogen and oxygen atoms in total. The van der Waals surface area contributed by atoms with Crippen LogP contribution < -0.4 is 15.6 Å². The maximum atomic E-state index is 12.6. The zero-order chi connectivity index (χ0) is 18.9. The van der Waals surface area contributed by atoms with Crippen molar-refractivity contribution >= 4 is 21.6 Å². The molecule has 0 saturated heterocycles. The van der Waals surface area contributed by atoms with Gasteiger partial charge in [-0.15, -0.1) is 0 Å². The number of aromatic nitrogens is 2. The van der Waals surface area contributed by atoms with E-state index in [1.54, 1.807) is 38.3 Å². The van der Waals surface area contributed by atoms with Crippen molar-refractivity contribution in [2.45, 2.75) is 30.8 Å². The molecular weight excluding hydrogens is 358 g/mol. The van der Waals surface area contributed by atoms with Gasteiger partial charge in [-0.25, -0.2) is 13.4 Å². The molecule has 1 aromatic heterocycles. The normalized spacial score (nSPS) is 16.7. The third kappa shape index (κ3) is 3.34. The van der Waals surface area contributed by atoms with Crippen LogP contribution >= 0.6 is 0 Å². The molecule has 0 bridgehead atoms. The molecule has 0 aliphatic carbocycles. The largest absolute Gasteiger partial charge is 0.497 e. The van der Waals surface area contributed by atoms with Crippen LogP contribution in [-0.2, 0) is 14.6 Å². The van der Waals surface area contributed by atoms with Crippen LogP contribution in [-0.4, -0.2) is 37.2 Å². The summed E-state index contributed by atoms with van der Waals surface area (Å²) in [6, 6.07) is 7.02. The van der Waals surface area contributed by atoms with Gasteiger partial charge in [0, 0.05) is 12.3 Å². The highest BCUT2D eigenvalue weighted by Crippen LogP contribution is 2.34. The molecule has 0 radical (unpaired) electrons. The van der Waals surface area contributed by atoms with Crippen molar-refractivity contribution in [3.63, 3.8) is 0 Å². The average Bonchev–Trinajstić information content (AvgIpc) is 2.60. The van der Waals surface area contributed by atoms with Crippen molar-refractivity contribution in [2.24, 2.45) is 0 Å². The lowest BCUT2D eigenvalue weighted by atomic mass is 9.87. The number of hydrogen-bond acceptors (Lipinski definition) is 6. The second-order valence-corrected chi connectivity index (χ2v) is 8.05. The smallest absolute Gasteiger partial charge is 0.257 e. The van der Waals surface area contributed by atoms with E-state index in [0.717, 1.165) is 5.56 Å². The Morgan fingerprint density at radius 3 is 2.54 bits per heavy atom. The molecule has 9 heteroatoms. The first kappa shape index (κ1) is 18.1. The Hall–Kier alpha value is -2.68. The molecule has 2 aromatic rings. The summed E-state index contributed by atoms with van der Waals surface area (Å²) < 4.78 is 29.5. The van der Waals surface area contributed by atoms with Crippen LogP contribution in [0.4, 0.5) is 5.82 Å². The fraction of sp³-hybridized carbons (Fsp3) is 0.353. The van der Waals surface area contributed by atoms with Crippen molar-refractivity contribution in [1.29, 1.82) is 0 Å². The molecule has 26 heavy (non-hydrogen) atoms. The van der Waals surface area contributed by atoms with Crippen LogP contribution in [0.15, 0.2) is 34.2 Å². The van der Waals surface area contributed by atoms with Crippen molar-refractivity contribution in [1.82, 2.24) is 9.97 Å². The van der Waals surface area contributed by atoms with Gasteiger partial charge < -0.3 is 10.1 Å². The van der Waals surface area contributed by atoms with Gasteiger partial charge in [-0.05, 0) is 24.1 Å². The van der Waals surface area contributed by atoms with Crippen molar-refractivity contribution in [3.8, 4) is 5.75 Å². The minimum absolute atomic E-state index is 0.000459. The maximum Gasteiger partial charge on any atom is 0.257 e. The molecule has 138 valence electrons. The summed E-state index contributed by atoms with van der Waals surface area (Å²) in [6.45, 7) is 1.72. The van der Waals surface area contributed by atoms with Gasteiger partial charge in [0.25, 0.3) is 5.56 Å². The monoisotopic (exact) mass is 377 g/mol. The molecule has 1 aromatic carbocycles. The van der Waals surface area contributed by atoms with Gasteiger partial charge in [0.15, 0.2) is 0 Å². The van der Waals surface area contributed by atoms with E-state index < -0.39 is 26.5 Å². The fourth-order valence-corrected chi connectivity index (χ4v) is 4.19. The zero-order valence-corrected chi connectivity index (χ0v) is 15.2. The summed E-state index contributed by atoms with van der Waals surface area (Å²) >= 11 is 0. The molecule has 3 rings (SSSR count). The van der Waals surface area contributed by atoms with E-state index in [9.17, 15) is 18.0 Å². The Morgan fingerprint density at radius 1 is 1.23 bits per heavy atom. The summed E-state index contributed by atoms with van der Waals surface area (Å²) in [6.07, 6.45) is 0.467. The van der Waals surface area contributed by atoms with Crippen molar-refractivity contribution < 1.29 is 17.9 Å². The zero-order valence-electron chi connectivity index (χ0n) is 14.4. The highest BCUT2D eigenvalue weighted by Gasteiger charge is 2.32. The van der Waals surface area contributed by atoms with E-state index in [0.29, 0.717) is 12.2 Å². The Labute approximate surface area is 150 Å². The van der Waals surface area contributed by atoms with E-state index in [1.807, 2.05) is 0 Å². The van der Waals surface area contributed by atoms with Crippen molar-refractivity contribution in [2.75, 3.05) is 18.2 Å². The predicted molar refractivity (Wildman–Crippen MR) is 95.3 cm³/mol. The van der Waals surface area contributed by atoms with Gasteiger partial charge in [0.1, 0.15) is 11.6 Å². The Bertz CT molecular complexity index is 996. The van der Waals surface area contributed by atoms with Gasteiger partial charge in [-0.1, -0.05) is 19.1 Å². The topological polar surface area (TPSA) is 118 Å².